The van der Waals surface area contributed by atoms with Gasteiger partial charge in [-0.25, -0.2) is 12.4 Å². The van der Waals surface area contributed by atoms with Crippen molar-refractivity contribution in [3.05, 3.63) is 48.2 Å². The van der Waals surface area contributed by atoms with Crippen molar-refractivity contribution in [2.24, 2.45) is 0 Å². The molecule has 136 valence electrons. The predicted molar refractivity (Wildman–Crippen MR) is 103 cm³/mol. The van der Waals surface area contributed by atoms with Gasteiger partial charge in [0.2, 0.25) is 0 Å². The summed E-state index contributed by atoms with van der Waals surface area (Å²) in [5.41, 5.74) is 3.38. The summed E-state index contributed by atoms with van der Waals surface area (Å²) in [6.45, 7) is 2.13. The molecule has 0 bridgehead atoms. The molecule has 0 saturated heterocycles. The molecule has 0 N–H and O–H groups in total. The lowest BCUT2D eigenvalue weighted by Crippen LogP contribution is -2.26. The fraction of sp³-hybridized carbons (Fsp3) is 0.300. The number of benzene rings is 2. The van der Waals surface area contributed by atoms with Crippen LogP contribution in [0.15, 0.2) is 47.5 Å². The highest BCUT2D eigenvalue weighted by Gasteiger charge is 2.32. The Morgan fingerprint density at radius 2 is 1.88 bits per heavy atom. The minimum atomic E-state index is -3.60. The van der Waals surface area contributed by atoms with Gasteiger partial charge in [-0.1, -0.05) is 18.2 Å². The number of hydrogen-bond donors (Lipinski definition) is 0. The topological polar surface area (TPSA) is 51.5 Å². The Morgan fingerprint density at radius 1 is 1.15 bits per heavy atom. The van der Waals surface area contributed by atoms with Crippen LogP contribution in [0.1, 0.15) is 12.5 Å². The van der Waals surface area contributed by atoms with E-state index >= 15 is 0 Å². The fourth-order valence-corrected chi connectivity index (χ4v) is 5.18. The van der Waals surface area contributed by atoms with Crippen LogP contribution < -0.4 is 4.74 Å². The van der Waals surface area contributed by atoms with Crippen molar-refractivity contribution in [2.45, 2.75) is 24.3 Å². The van der Waals surface area contributed by atoms with Crippen molar-refractivity contribution >= 4 is 20.9 Å². The van der Waals surface area contributed by atoms with Gasteiger partial charge in [0.1, 0.15) is 5.75 Å². The Labute approximate surface area is 153 Å². The first-order valence-electron chi connectivity index (χ1n) is 8.58. The van der Waals surface area contributed by atoms with Gasteiger partial charge in [0.25, 0.3) is 10.0 Å². The smallest absolute Gasteiger partial charge is 0.268 e. The molecule has 1 aliphatic heterocycles. The van der Waals surface area contributed by atoms with E-state index in [0.29, 0.717) is 4.90 Å². The van der Waals surface area contributed by atoms with Crippen molar-refractivity contribution < 1.29 is 13.2 Å². The minimum absolute atomic E-state index is 0.287. The molecule has 5 nitrogen and oxygen atoms in total. The van der Waals surface area contributed by atoms with E-state index in [1.165, 1.54) is 3.97 Å². The van der Waals surface area contributed by atoms with Crippen LogP contribution in [0.2, 0.25) is 0 Å². The van der Waals surface area contributed by atoms with E-state index in [1.54, 1.807) is 25.4 Å². The summed E-state index contributed by atoms with van der Waals surface area (Å²) in [5, 5.41) is 0.936. The van der Waals surface area contributed by atoms with Gasteiger partial charge in [-0.3, -0.25) is 0 Å². The van der Waals surface area contributed by atoms with E-state index in [1.807, 2.05) is 38.4 Å². The lowest BCUT2D eigenvalue weighted by Gasteiger charge is -2.20. The molecule has 6 heteroatoms. The Kier molecular flexibility index (Phi) is 3.86. The molecule has 1 aromatic heterocycles. The molecule has 1 unspecified atom stereocenters. The molecular weight excluding hydrogens is 348 g/mol. The van der Waals surface area contributed by atoms with Gasteiger partial charge in [0.05, 0.1) is 17.5 Å². The zero-order chi connectivity index (χ0) is 18.6. The van der Waals surface area contributed by atoms with Crippen LogP contribution in [0, 0.1) is 0 Å². The second kappa shape index (κ2) is 5.86. The summed E-state index contributed by atoms with van der Waals surface area (Å²) in [5.74, 6) is 0.734. The van der Waals surface area contributed by atoms with Crippen molar-refractivity contribution in [1.82, 2.24) is 8.87 Å². The standard InChI is InChI=1S/C20H22N2O3S/c1-13(21(2)3)9-14-12-22-20-17(14)10-15(25-4)11-18(20)16-7-5-6-8-19(16)26(22,23)24/h5-8,10-13H,9H2,1-4H3. The first-order valence-corrected chi connectivity index (χ1v) is 10.0. The third-order valence-electron chi connectivity index (χ3n) is 5.27. The minimum Gasteiger partial charge on any atom is -0.497 e. The van der Waals surface area contributed by atoms with Crippen molar-refractivity contribution in [1.29, 1.82) is 0 Å². The van der Waals surface area contributed by atoms with Crippen LogP contribution in [0.4, 0.5) is 0 Å². The third-order valence-corrected chi connectivity index (χ3v) is 6.99. The number of hydrogen-bond acceptors (Lipinski definition) is 4. The van der Waals surface area contributed by atoms with Gasteiger partial charge in [0.15, 0.2) is 0 Å². The first kappa shape index (κ1) is 17.1. The maximum Gasteiger partial charge on any atom is 0.268 e. The monoisotopic (exact) mass is 370 g/mol. The largest absolute Gasteiger partial charge is 0.497 e. The normalized spacial score (nSPS) is 15.9. The molecule has 2 heterocycles. The van der Waals surface area contributed by atoms with E-state index < -0.39 is 10.0 Å². The van der Waals surface area contributed by atoms with E-state index in [-0.39, 0.29) is 6.04 Å². The highest BCUT2D eigenvalue weighted by atomic mass is 32.2. The highest BCUT2D eigenvalue weighted by Crippen LogP contribution is 2.43. The molecular formula is C20H22N2O3S. The number of methoxy groups -OCH3 is 1. The summed E-state index contributed by atoms with van der Waals surface area (Å²) < 4.78 is 33.3. The van der Waals surface area contributed by atoms with Gasteiger partial charge < -0.3 is 9.64 Å². The summed E-state index contributed by atoms with van der Waals surface area (Å²) in [6.07, 6.45) is 2.54. The van der Waals surface area contributed by atoms with Crippen molar-refractivity contribution in [3.63, 3.8) is 0 Å². The number of rotatable bonds is 4. The fourth-order valence-electron chi connectivity index (χ4n) is 3.56. The molecule has 26 heavy (non-hydrogen) atoms. The van der Waals surface area contributed by atoms with E-state index in [4.69, 9.17) is 4.74 Å². The van der Waals surface area contributed by atoms with Gasteiger partial charge in [-0.05, 0) is 51.2 Å². The SMILES string of the molecule is COc1cc2c3c(c1)c(CC(C)N(C)C)cn3S(=O)(=O)c1ccccc1-2. The molecule has 0 saturated carbocycles. The Balaban J connectivity index is 2.08. The summed E-state index contributed by atoms with van der Waals surface area (Å²) in [7, 11) is 2.09. The molecule has 4 rings (SSSR count). The molecule has 1 aliphatic rings. The highest BCUT2D eigenvalue weighted by molar-refractivity contribution is 7.90. The maximum absolute atomic E-state index is 13.2. The average Bonchev–Trinajstić information content (AvgIpc) is 2.99. The van der Waals surface area contributed by atoms with Crippen LogP contribution in [0.25, 0.3) is 22.0 Å². The number of aromatic nitrogens is 1. The quantitative estimate of drug-likeness (QED) is 0.553. The third kappa shape index (κ3) is 2.36. The van der Waals surface area contributed by atoms with Crippen molar-refractivity contribution in [2.75, 3.05) is 21.2 Å². The van der Waals surface area contributed by atoms with E-state index in [2.05, 4.69) is 11.8 Å². The Morgan fingerprint density at radius 3 is 2.58 bits per heavy atom. The zero-order valence-corrected chi connectivity index (χ0v) is 16.2. The second-order valence-corrected chi connectivity index (χ2v) is 8.82. The van der Waals surface area contributed by atoms with Gasteiger partial charge in [0, 0.05) is 28.8 Å². The summed E-state index contributed by atoms with van der Waals surface area (Å²) >= 11 is 0. The van der Waals surface area contributed by atoms with Crippen LogP contribution in [-0.2, 0) is 16.4 Å². The number of fused-ring (bicyclic) bond motifs is 2. The van der Waals surface area contributed by atoms with Crippen LogP contribution in [-0.4, -0.2) is 44.5 Å². The van der Waals surface area contributed by atoms with E-state index in [9.17, 15) is 8.42 Å². The van der Waals surface area contributed by atoms with Crippen LogP contribution in [0.5, 0.6) is 5.75 Å². The molecule has 2 aromatic carbocycles. The van der Waals surface area contributed by atoms with Crippen LogP contribution in [0.3, 0.4) is 0 Å². The second-order valence-electron chi connectivity index (χ2n) is 7.04. The average molecular weight is 370 g/mol. The summed E-state index contributed by atoms with van der Waals surface area (Å²) in [4.78, 5) is 2.47. The van der Waals surface area contributed by atoms with Gasteiger partial charge in [-0.2, -0.15) is 0 Å². The molecule has 0 amide bonds. The zero-order valence-electron chi connectivity index (χ0n) is 15.4. The molecule has 3 aromatic rings. The van der Waals surface area contributed by atoms with Gasteiger partial charge in [-0.15, -0.1) is 0 Å². The van der Waals surface area contributed by atoms with E-state index in [0.717, 1.165) is 39.8 Å². The molecule has 0 fully saturated rings. The predicted octanol–water partition coefficient (Wildman–Crippen LogP) is 3.36. The number of ether oxygens (including phenoxy) is 1. The molecule has 0 aliphatic carbocycles. The number of likely N-dealkylation sites (N-methyl/N-ethyl adjacent to an activating group) is 1. The lowest BCUT2D eigenvalue weighted by molar-refractivity contribution is 0.313. The van der Waals surface area contributed by atoms with Gasteiger partial charge >= 0.3 is 0 Å². The maximum atomic E-state index is 13.2. The van der Waals surface area contributed by atoms with Crippen molar-refractivity contribution in [3.8, 4) is 16.9 Å². The molecule has 1 atom stereocenters. The molecule has 0 radical (unpaired) electrons. The molecule has 0 spiro atoms. The van der Waals surface area contributed by atoms with Crippen LogP contribution >= 0.6 is 0 Å². The lowest BCUT2D eigenvalue weighted by atomic mass is 9.99. The first-order chi connectivity index (χ1) is 12.3. The Hall–Kier alpha value is -2.31. The Bertz CT molecular complexity index is 1110. The summed E-state index contributed by atoms with van der Waals surface area (Å²) in [6, 6.07) is 11.3. The number of nitrogens with zero attached hydrogens (tertiary/aromatic N) is 2.